The topological polar surface area (TPSA) is 20.2 Å². The van der Waals surface area contributed by atoms with Gasteiger partial charge in [0.15, 0.2) is 0 Å². The largest absolute Gasteiger partial charge is 0.508 e. The van der Waals surface area contributed by atoms with Crippen LogP contribution in [0.5, 0.6) is 5.75 Å². The van der Waals surface area contributed by atoms with Crippen molar-refractivity contribution in [1.29, 1.82) is 0 Å². The first-order chi connectivity index (χ1) is 6.24. The Kier molecular flexibility index (Phi) is 5.98. The maximum absolute atomic E-state index is 8.82. The van der Waals surface area contributed by atoms with E-state index in [9.17, 15) is 0 Å². The van der Waals surface area contributed by atoms with Gasteiger partial charge in [-0.1, -0.05) is 50.1 Å². The van der Waals surface area contributed by atoms with E-state index in [0.29, 0.717) is 5.75 Å². The summed E-state index contributed by atoms with van der Waals surface area (Å²) in [7, 11) is 0. The monoisotopic (exact) mass is 174 g/mol. The number of hydrogen-bond donors (Lipinski definition) is 1. The average molecular weight is 174 g/mol. The molecule has 68 valence electrons. The molecule has 0 amide bonds. The molecule has 0 atom stereocenters. The zero-order valence-electron chi connectivity index (χ0n) is 7.61. The zero-order valence-corrected chi connectivity index (χ0v) is 7.61. The summed E-state index contributed by atoms with van der Waals surface area (Å²) in [5.41, 5.74) is 1.02. The predicted molar refractivity (Wildman–Crippen MR) is 58.6 cm³/mol. The minimum atomic E-state index is 0.292. The van der Waals surface area contributed by atoms with Crippen LogP contribution in [0.15, 0.2) is 56.2 Å². The molecule has 0 unspecified atom stereocenters. The van der Waals surface area contributed by atoms with Crippen molar-refractivity contribution >= 4 is 6.08 Å². The molecular formula is C12H14O. The molecule has 0 fully saturated rings. The van der Waals surface area contributed by atoms with Gasteiger partial charge in [-0.15, -0.1) is 0 Å². The first kappa shape index (κ1) is 11.2. The van der Waals surface area contributed by atoms with Gasteiger partial charge in [-0.25, -0.2) is 0 Å². The number of allylic oxidation sites excluding steroid dienone is 2. The lowest BCUT2D eigenvalue weighted by atomic mass is 10.2. The highest BCUT2D eigenvalue weighted by Crippen LogP contribution is 2.09. The van der Waals surface area contributed by atoms with Crippen LogP contribution in [0.25, 0.3) is 6.08 Å². The van der Waals surface area contributed by atoms with Gasteiger partial charge in [0.2, 0.25) is 0 Å². The van der Waals surface area contributed by atoms with Crippen molar-refractivity contribution in [3.05, 3.63) is 61.7 Å². The van der Waals surface area contributed by atoms with Crippen molar-refractivity contribution in [2.24, 2.45) is 0 Å². The van der Waals surface area contributed by atoms with Gasteiger partial charge >= 0.3 is 0 Å². The molecule has 0 saturated heterocycles. The van der Waals surface area contributed by atoms with Crippen LogP contribution in [-0.2, 0) is 0 Å². The maximum atomic E-state index is 8.82. The lowest BCUT2D eigenvalue weighted by molar-refractivity contribution is 0.475. The quantitative estimate of drug-likeness (QED) is 0.681. The van der Waals surface area contributed by atoms with Crippen LogP contribution >= 0.6 is 0 Å². The highest BCUT2D eigenvalue weighted by Gasteiger charge is 1.84. The summed E-state index contributed by atoms with van der Waals surface area (Å²) in [4.78, 5) is 0. The molecule has 0 aliphatic heterocycles. The van der Waals surface area contributed by atoms with Crippen LogP contribution in [0, 0.1) is 0 Å². The van der Waals surface area contributed by atoms with Gasteiger partial charge in [0.05, 0.1) is 0 Å². The summed E-state index contributed by atoms with van der Waals surface area (Å²) in [5, 5.41) is 8.82. The minimum absolute atomic E-state index is 0.292. The summed E-state index contributed by atoms with van der Waals surface area (Å²) in [6.45, 7) is 10.3. The van der Waals surface area contributed by atoms with Crippen LogP contribution in [0.3, 0.4) is 0 Å². The van der Waals surface area contributed by atoms with Crippen LogP contribution in [0.4, 0.5) is 0 Å². The van der Waals surface area contributed by atoms with E-state index in [1.54, 1.807) is 30.4 Å². The Morgan fingerprint density at radius 1 is 0.923 bits per heavy atom. The average Bonchev–Trinajstić information content (AvgIpc) is 2.19. The lowest BCUT2D eigenvalue weighted by Gasteiger charge is -1.90. The Morgan fingerprint density at radius 3 is 1.69 bits per heavy atom. The molecule has 0 aliphatic rings. The number of phenolic OH excluding ortho intramolecular Hbond substituents is 1. The Balaban J connectivity index is 0.000000310. The Bertz CT molecular complexity index is 264. The number of rotatable bonds is 2. The second-order valence-corrected chi connectivity index (χ2v) is 2.27. The molecule has 1 nitrogen and oxygen atoms in total. The van der Waals surface area contributed by atoms with E-state index < -0.39 is 0 Å². The SMILES string of the molecule is C=CC=C.C=Cc1ccc(O)cc1. The van der Waals surface area contributed by atoms with Gasteiger partial charge in [0.1, 0.15) is 5.75 Å². The standard InChI is InChI=1S/C8H8O.C4H6/c1-2-7-3-5-8(9)6-4-7;1-3-4-2/h2-6,9H,1H2;3-4H,1-2H2. The molecule has 1 aromatic rings. The number of aromatic hydroxyl groups is 1. The highest BCUT2D eigenvalue weighted by atomic mass is 16.3. The summed E-state index contributed by atoms with van der Waals surface area (Å²) < 4.78 is 0. The second-order valence-electron chi connectivity index (χ2n) is 2.27. The van der Waals surface area contributed by atoms with E-state index in [-0.39, 0.29) is 0 Å². The van der Waals surface area contributed by atoms with Crippen LogP contribution < -0.4 is 0 Å². The minimum Gasteiger partial charge on any atom is -0.508 e. The first-order valence-corrected chi connectivity index (χ1v) is 3.89. The first-order valence-electron chi connectivity index (χ1n) is 3.89. The van der Waals surface area contributed by atoms with E-state index in [4.69, 9.17) is 5.11 Å². The van der Waals surface area contributed by atoms with Crippen molar-refractivity contribution < 1.29 is 5.11 Å². The van der Waals surface area contributed by atoms with Gasteiger partial charge in [0.25, 0.3) is 0 Å². The molecule has 1 heteroatoms. The summed E-state index contributed by atoms with van der Waals surface area (Å²) in [6.07, 6.45) is 5.01. The third-order valence-electron chi connectivity index (χ3n) is 1.30. The van der Waals surface area contributed by atoms with Gasteiger partial charge in [-0.05, 0) is 17.7 Å². The molecule has 1 N–H and O–H groups in total. The molecule has 1 rings (SSSR count). The van der Waals surface area contributed by atoms with Crippen LogP contribution in [0.1, 0.15) is 5.56 Å². The van der Waals surface area contributed by atoms with E-state index in [1.807, 2.05) is 12.1 Å². The van der Waals surface area contributed by atoms with Crippen molar-refractivity contribution in [2.45, 2.75) is 0 Å². The fourth-order valence-electron chi connectivity index (χ4n) is 0.610. The van der Waals surface area contributed by atoms with Crippen molar-refractivity contribution in [1.82, 2.24) is 0 Å². The van der Waals surface area contributed by atoms with E-state index in [2.05, 4.69) is 19.7 Å². The molecule has 0 spiro atoms. The van der Waals surface area contributed by atoms with Crippen molar-refractivity contribution in [3.63, 3.8) is 0 Å². The zero-order chi connectivity index (χ0) is 10.1. The van der Waals surface area contributed by atoms with Crippen LogP contribution in [-0.4, -0.2) is 5.11 Å². The second kappa shape index (κ2) is 6.92. The highest BCUT2D eigenvalue weighted by molar-refractivity contribution is 5.47. The molecule has 0 aromatic heterocycles. The summed E-state index contributed by atoms with van der Waals surface area (Å²) >= 11 is 0. The van der Waals surface area contributed by atoms with E-state index in [1.165, 1.54) is 0 Å². The summed E-state index contributed by atoms with van der Waals surface area (Å²) in [6, 6.07) is 6.89. The summed E-state index contributed by atoms with van der Waals surface area (Å²) in [5.74, 6) is 0.292. The molecule has 0 radical (unpaired) electrons. The Labute approximate surface area is 79.4 Å². The Hall–Kier alpha value is -1.76. The maximum Gasteiger partial charge on any atom is 0.115 e. The third kappa shape index (κ3) is 5.50. The molecule has 0 saturated carbocycles. The van der Waals surface area contributed by atoms with Gasteiger partial charge in [-0.2, -0.15) is 0 Å². The van der Waals surface area contributed by atoms with Gasteiger partial charge in [0, 0.05) is 0 Å². The molecular weight excluding hydrogens is 160 g/mol. The van der Waals surface area contributed by atoms with Crippen molar-refractivity contribution in [2.75, 3.05) is 0 Å². The molecule has 0 heterocycles. The van der Waals surface area contributed by atoms with Gasteiger partial charge in [-0.3, -0.25) is 0 Å². The number of benzene rings is 1. The van der Waals surface area contributed by atoms with Crippen LogP contribution in [0.2, 0.25) is 0 Å². The molecule has 0 bridgehead atoms. The van der Waals surface area contributed by atoms with E-state index >= 15 is 0 Å². The smallest absolute Gasteiger partial charge is 0.115 e. The molecule has 0 aliphatic carbocycles. The number of phenols is 1. The predicted octanol–water partition coefficient (Wildman–Crippen LogP) is 3.39. The fraction of sp³-hybridized carbons (Fsp3) is 0. The molecule has 1 aromatic carbocycles. The number of hydrogen-bond acceptors (Lipinski definition) is 1. The molecule has 13 heavy (non-hydrogen) atoms. The van der Waals surface area contributed by atoms with Crippen molar-refractivity contribution in [3.8, 4) is 5.75 Å². The normalized spacial score (nSPS) is 7.69. The third-order valence-corrected chi connectivity index (χ3v) is 1.30. The van der Waals surface area contributed by atoms with Gasteiger partial charge < -0.3 is 5.11 Å². The lowest BCUT2D eigenvalue weighted by Crippen LogP contribution is -1.67. The Morgan fingerprint density at radius 2 is 1.38 bits per heavy atom. The fourth-order valence-corrected chi connectivity index (χ4v) is 0.610. The van der Waals surface area contributed by atoms with E-state index in [0.717, 1.165) is 5.56 Å².